The zero-order valence-corrected chi connectivity index (χ0v) is 18.0. The molecule has 0 radical (unpaired) electrons. The van der Waals surface area contributed by atoms with E-state index in [9.17, 15) is 22.4 Å². The summed E-state index contributed by atoms with van der Waals surface area (Å²) in [5.41, 5.74) is 2.32. The molecule has 5 rings (SSSR count). The molecule has 172 valence electrons. The first-order valence-electron chi connectivity index (χ1n) is 10.5. The van der Waals surface area contributed by atoms with Gasteiger partial charge in [-0.2, -0.15) is 13.2 Å². The molecule has 0 unspecified atom stereocenters. The van der Waals surface area contributed by atoms with Gasteiger partial charge in [0.15, 0.2) is 0 Å². The highest BCUT2D eigenvalue weighted by Gasteiger charge is 2.30. The minimum Gasteiger partial charge on any atom is -0.351 e. The quantitative estimate of drug-likeness (QED) is 0.299. The number of hydrogen-bond donors (Lipinski definition) is 1. The van der Waals surface area contributed by atoms with E-state index >= 15 is 0 Å². The van der Waals surface area contributed by atoms with Gasteiger partial charge in [-0.1, -0.05) is 12.1 Å². The summed E-state index contributed by atoms with van der Waals surface area (Å²) in [7, 11) is 1.93. The van der Waals surface area contributed by atoms with Gasteiger partial charge in [0.1, 0.15) is 11.5 Å². The van der Waals surface area contributed by atoms with Crippen LogP contribution in [0.1, 0.15) is 21.6 Å². The van der Waals surface area contributed by atoms with Crippen LogP contribution in [0.3, 0.4) is 0 Å². The van der Waals surface area contributed by atoms with Crippen LogP contribution < -0.4 is 5.32 Å². The summed E-state index contributed by atoms with van der Waals surface area (Å²) in [6, 6.07) is 18.0. The Kier molecular flexibility index (Phi) is 5.16. The van der Waals surface area contributed by atoms with Crippen molar-refractivity contribution in [2.75, 3.05) is 5.32 Å². The van der Waals surface area contributed by atoms with E-state index in [1.54, 1.807) is 22.8 Å². The Hall–Kier alpha value is -4.07. The maximum atomic E-state index is 13.8. The first-order chi connectivity index (χ1) is 16.2. The van der Waals surface area contributed by atoms with Gasteiger partial charge in [0.05, 0.1) is 5.56 Å². The zero-order chi connectivity index (χ0) is 24.0. The Morgan fingerprint density at radius 2 is 1.62 bits per heavy atom. The summed E-state index contributed by atoms with van der Waals surface area (Å²) in [4.78, 5) is 13.2. The zero-order valence-electron chi connectivity index (χ0n) is 18.0. The molecule has 8 heteroatoms. The molecule has 34 heavy (non-hydrogen) atoms. The molecule has 2 aromatic heterocycles. The van der Waals surface area contributed by atoms with Crippen LogP contribution >= 0.6 is 0 Å². The first kappa shape index (κ1) is 21.8. The van der Waals surface area contributed by atoms with Crippen molar-refractivity contribution in [3.8, 4) is 0 Å². The first-order valence-corrected chi connectivity index (χ1v) is 10.5. The third-order valence-corrected chi connectivity index (χ3v) is 5.86. The lowest BCUT2D eigenvalue weighted by atomic mass is 10.1. The lowest BCUT2D eigenvalue weighted by Gasteiger charge is -2.13. The van der Waals surface area contributed by atoms with Crippen molar-refractivity contribution < 1.29 is 22.4 Å². The molecular formula is C26H19F4N3O. The van der Waals surface area contributed by atoms with E-state index in [-0.39, 0.29) is 12.2 Å². The molecular weight excluding hydrogens is 446 g/mol. The van der Waals surface area contributed by atoms with Crippen molar-refractivity contribution in [3.05, 3.63) is 102 Å². The summed E-state index contributed by atoms with van der Waals surface area (Å²) in [6.07, 6.45) is -2.51. The van der Waals surface area contributed by atoms with Crippen molar-refractivity contribution in [3.63, 3.8) is 0 Å². The lowest BCUT2D eigenvalue weighted by Crippen LogP contribution is -2.17. The summed E-state index contributed by atoms with van der Waals surface area (Å²) >= 11 is 0. The van der Waals surface area contributed by atoms with Gasteiger partial charge in [0.25, 0.3) is 5.91 Å². The van der Waals surface area contributed by atoms with Crippen molar-refractivity contribution >= 4 is 33.4 Å². The Labute approximate surface area is 192 Å². The molecule has 3 aromatic carbocycles. The van der Waals surface area contributed by atoms with Gasteiger partial charge in [-0.05, 0) is 66.2 Å². The van der Waals surface area contributed by atoms with E-state index in [4.69, 9.17) is 0 Å². The van der Waals surface area contributed by atoms with E-state index in [0.717, 1.165) is 23.0 Å². The SMILES string of the molecule is Cn1ccc2cc(NC(=O)c3cc4cc(F)ccc4n3Cc3ccc(C(F)(F)F)cc3)ccc21. The predicted octanol–water partition coefficient (Wildman–Crippen LogP) is 6.59. The maximum Gasteiger partial charge on any atom is 0.416 e. The minimum absolute atomic E-state index is 0.147. The molecule has 0 aliphatic carbocycles. The fourth-order valence-electron chi connectivity index (χ4n) is 4.14. The van der Waals surface area contributed by atoms with E-state index in [0.29, 0.717) is 22.2 Å². The van der Waals surface area contributed by atoms with Crippen LogP contribution in [0.15, 0.2) is 79.0 Å². The molecule has 2 heterocycles. The van der Waals surface area contributed by atoms with Crippen molar-refractivity contribution in [2.45, 2.75) is 12.7 Å². The fourth-order valence-corrected chi connectivity index (χ4v) is 4.14. The van der Waals surface area contributed by atoms with Crippen LogP contribution in [-0.2, 0) is 19.8 Å². The number of aryl methyl sites for hydroxylation is 1. The summed E-state index contributed by atoms with van der Waals surface area (Å²) < 4.78 is 56.3. The number of halogens is 4. The molecule has 0 atom stereocenters. The maximum absolute atomic E-state index is 13.8. The van der Waals surface area contributed by atoms with E-state index in [2.05, 4.69) is 5.32 Å². The number of carbonyl (C=O) groups excluding carboxylic acids is 1. The molecule has 0 aliphatic rings. The molecule has 5 aromatic rings. The second-order valence-corrected chi connectivity index (χ2v) is 8.17. The van der Waals surface area contributed by atoms with Gasteiger partial charge < -0.3 is 14.5 Å². The number of fused-ring (bicyclic) bond motifs is 2. The van der Waals surface area contributed by atoms with Gasteiger partial charge in [0.2, 0.25) is 0 Å². The van der Waals surface area contributed by atoms with Crippen molar-refractivity contribution in [1.29, 1.82) is 0 Å². The fraction of sp³-hybridized carbons (Fsp3) is 0.115. The van der Waals surface area contributed by atoms with Crippen LogP contribution in [0.5, 0.6) is 0 Å². The highest BCUT2D eigenvalue weighted by Crippen LogP contribution is 2.30. The Morgan fingerprint density at radius 3 is 2.35 bits per heavy atom. The molecule has 4 nitrogen and oxygen atoms in total. The Morgan fingerprint density at radius 1 is 0.882 bits per heavy atom. The highest BCUT2D eigenvalue weighted by molar-refractivity contribution is 6.07. The van der Waals surface area contributed by atoms with Crippen LogP contribution in [0.2, 0.25) is 0 Å². The van der Waals surface area contributed by atoms with E-state index < -0.39 is 23.5 Å². The molecule has 0 fully saturated rings. The lowest BCUT2D eigenvalue weighted by molar-refractivity contribution is -0.137. The number of hydrogen-bond acceptors (Lipinski definition) is 1. The molecule has 0 saturated carbocycles. The normalized spacial score (nSPS) is 11.9. The van der Waals surface area contributed by atoms with Gasteiger partial charge in [-0.3, -0.25) is 4.79 Å². The van der Waals surface area contributed by atoms with E-state index in [1.165, 1.54) is 24.3 Å². The van der Waals surface area contributed by atoms with E-state index in [1.807, 2.05) is 36.0 Å². The van der Waals surface area contributed by atoms with Crippen molar-refractivity contribution in [1.82, 2.24) is 9.13 Å². The number of benzene rings is 3. The standard InChI is InChI=1S/C26H19F4N3O/c1-32-11-10-17-13-21(7-9-22(17)32)31-25(34)24-14-18-12-20(27)6-8-23(18)33(24)15-16-2-4-19(5-3-16)26(28,29)30/h2-14H,15H2,1H3,(H,31,34). The molecule has 0 aliphatic heterocycles. The average Bonchev–Trinajstić information content (AvgIpc) is 3.33. The van der Waals surface area contributed by atoms with Gasteiger partial charge in [0, 0.05) is 47.3 Å². The second-order valence-electron chi connectivity index (χ2n) is 8.17. The van der Waals surface area contributed by atoms with Gasteiger partial charge >= 0.3 is 6.18 Å². The second kappa shape index (κ2) is 8.06. The van der Waals surface area contributed by atoms with Crippen LogP contribution in [-0.4, -0.2) is 15.0 Å². The average molecular weight is 465 g/mol. The number of nitrogens with zero attached hydrogens (tertiary/aromatic N) is 2. The number of amides is 1. The number of rotatable bonds is 4. The number of anilines is 1. The Bertz CT molecular complexity index is 1530. The summed E-state index contributed by atoms with van der Waals surface area (Å²) in [5, 5.41) is 4.37. The topological polar surface area (TPSA) is 39.0 Å². The molecule has 1 amide bonds. The molecule has 0 bridgehead atoms. The largest absolute Gasteiger partial charge is 0.416 e. The number of alkyl halides is 3. The number of carbonyl (C=O) groups is 1. The molecule has 0 saturated heterocycles. The molecule has 0 spiro atoms. The van der Waals surface area contributed by atoms with Gasteiger partial charge in [-0.25, -0.2) is 4.39 Å². The van der Waals surface area contributed by atoms with Crippen LogP contribution in [0.4, 0.5) is 23.2 Å². The van der Waals surface area contributed by atoms with Crippen LogP contribution in [0.25, 0.3) is 21.8 Å². The summed E-state index contributed by atoms with van der Waals surface area (Å²) in [5.74, 6) is -0.848. The number of aromatic nitrogens is 2. The predicted molar refractivity (Wildman–Crippen MR) is 123 cm³/mol. The van der Waals surface area contributed by atoms with Crippen LogP contribution in [0, 0.1) is 5.82 Å². The Balaban J connectivity index is 1.50. The summed E-state index contributed by atoms with van der Waals surface area (Å²) in [6.45, 7) is 0.147. The third kappa shape index (κ3) is 4.03. The third-order valence-electron chi connectivity index (χ3n) is 5.86. The van der Waals surface area contributed by atoms with Crippen molar-refractivity contribution in [2.24, 2.45) is 7.05 Å². The minimum atomic E-state index is -4.43. The smallest absolute Gasteiger partial charge is 0.351 e. The molecule has 1 N–H and O–H groups in total. The highest BCUT2D eigenvalue weighted by atomic mass is 19.4. The monoisotopic (exact) mass is 465 g/mol. The van der Waals surface area contributed by atoms with Gasteiger partial charge in [-0.15, -0.1) is 0 Å². The number of nitrogens with one attached hydrogen (secondary N) is 1.